The Kier molecular flexibility index (Phi) is 4.80. The summed E-state index contributed by atoms with van der Waals surface area (Å²) in [7, 11) is 0. The van der Waals surface area contributed by atoms with Gasteiger partial charge in [-0.25, -0.2) is 0 Å². The van der Waals surface area contributed by atoms with Crippen LogP contribution in [0.4, 0.5) is 0 Å². The minimum atomic E-state index is -0.348. The first kappa shape index (κ1) is 12.8. The summed E-state index contributed by atoms with van der Waals surface area (Å²) in [6, 6.07) is 0.499. The molecule has 98 valence electrons. The van der Waals surface area contributed by atoms with Crippen molar-refractivity contribution in [3.8, 4) is 0 Å². The minimum Gasteiger partial charge on any atom is -0.391 e. The van der Waals surface area contributed by atoms with Gasteiger partial charge in [0.25, 0.3) is 0 Å². The van der Waals surface area contributed by atoms with Crippen LogP contribution in [-0.2, 0) is 4.79 Å². The molecule has 4 nitrogen and oxygen atoms in total. The van der Waals surface area contributed by atoms with E-state index >= 15 is 0 Å². The van der Waals surface area contributed by atoms with Gasteiger partial charge in [0.05, 0.1) is 18.7 Å². The highest BCUT2D eigenvalue weighted by Gasteiger charge is 2.24. The average molecular weight is 240 g/mol. The summed E-state index contributed by atoms with van der Waals surface area (Å²) in [4.78, 5) is 11.7. The number of aliphatic hydroxyl groups is 1. The molecule has 0 aromatic carbocycles. The predicted octanol–water partition coefficient (Wildman–Crippen LogP) is 0.938. The van der Waals surface area contributed by atoms with Crippen molar-refractivity contribution in [3.63, 3.8) is 0 Å². The maximum atomic E-state index is 11.7. The Morgan fingerprint density at radius 1 is 1.06 bits per heavy atom. The fourth-order valence-electron chi connectivity index (χ4n) is 2.90. The van der Waals surface area contributed by atoms with Crippen LogP contribution in [-0.4, -0.2) is 35.7 Å². The molecule has 0 aromatic rings. The Labute approximate surface area is 103 Å². The lowest BCUT2D eigenvalue weighted by Crippen LogP contribution is -2.48. The SMILES string of the molecule is O=C(CNC1CCCC1)N[C@H]1CCCC[C@@H]1O. The molecule has 2 aliphatic carbocycles. The molecule has 2 saturated carbocycles. The van der Waals surface area contributed by atoms with E-state index in [1.165, 1.54) is 25.7 Å². The quantitative estimate of drug-likeness (QED) is 0.685. The number of hydrogen-bond acceptors (Lipinski definition) is 3. The lowest BCUT2D eigenvalue weighted by atomic mass is 9.92. The van der Waals surface area contributed by atoms with Gasteiger partial charge in [-0.3, -0.25) is 4.79 Å². The molecule has 17 heavy (non-hydrogen) atoms. The zero-order valence-corrected chi connectivity index (χ0v) is 10.5. The first-order valence-corrected chi connectivity index (χ1v) is 6.96. The van der Waals surface area contributed by atoms with Crippen molar-refractivity contribution in [3.05, 3.63) is 0 Å². The Bertz CT molecular complexity index is 252. The number of carbonyl (C=O) groups is 1. The summed E-state index contributed by atoms with van der Waals surface area (Å²) in [5, 5.41) is 16.0. The first-order valence-electron chi connectivity index (χ1n) is 6.96. The summed E-state index contributed by atoms with van der Waals surface area (Å²) < 4.78 is 0. The van der Waals surface area contributed by atoms with Crippen LogP contribution < -0.4 is 10.6 Å². The number of hydrogen-bond donors (Lipinski definition) is 3. The fraction of sp³-hybridized carbons (Fsp3) is 0.923. The normalized spacial score (nSPS) is 30.4. The van der Waals surface area contributed by atoms with Gasteiger partial charge in [-0.1, -0.05) is 25.7 Å². The summed E-state index contributed by atoms with van der Waals surface area (Å²) >= 11 is 0. The van der Waals surface area contributed by atoms with Crippen LogP contribution >= 0.6 is 0 Å². The Balaban J connectivity index is 1.65. The maximum absolute atomic E-state index is 11.7. The van der Waals surface area contributed by atoms with Gasteiger partial charge in [0, 0.05) is 6.04 Å². The third-order valence-corrected chi connectivity index (χ3v) is 3.98. The lowest BCUT2D eigenvalue weighted by Gasteiger charge is -2.28. The number of rotatable bonds is 4. The van der Waals surface area contributed by atoms with E-state index in [0.29, 0.717) is 12.6 Å². The number of aliphatic hydroxyl groups excluding tert-OH is 1. The van der Waals surface area contributed by atoms with E-state index in [9.17, 15) is 9.90 Å². The van der Waals surface area contributed by atoms with Crippen LogP contribution in [0.1, 0.15) is 51.4 Å². The van der Waals surface area contributed by atoms with Crippen molar-refractivity contribution in [2.24, 2.45) is 0 Å². The second-order valence-corrected chi connectivity index (χ2v) is 5.39. The van der Waals surface area contributed by atoms with Crippen LogP contribution in [0, 0.1) is 0 Å². The topological polar surface area (TPSA) is 61.4 Å². The van der Waals surface area contributed by atoms with Gasteiger partial charge in [0.1, 0.15) is 0 Å². The molecule has 2 rings (SSSR count). The van der Waals surface area contributed by atoms with Crippen LogP contribution in [0.2, 0.25) is 0 Å². The van der Waals surface area contributed by atoms with E-state index in [4.69, 9.17) is 0 Å². The van der Waals surface area contributed by atoms with Crippen molar-refractivity contribution in [1.29, 1.82) is 0 Å². The summed E-state index contributed by atoms with van der Waals surface area (Å²) in [5.41, 5.74) is 0. The standard InChI is InChI=1S/C13H24N2O2/c16-12-8-4-3-7-11(12)15-13(17)9-14-10-5-1-2-6-10/h10-12,14,16H,1-9H2,(H,15,17)/t11-,12-/m0/s1. The molecule has 1 amide bonds. The second-order valence-electron chi connectivity index (χ2n) is 5.39. The lowest BCUT2D eigenvalue weighted by molar-refractivity contribution is -0.122. The summed E-state index contributed by atoms with van der Waals surface area (Å²) in [6.07, 6.45) is 8.52. The van der Waals surface area contributed by atoms with Crippen molar-refractivity contribution in [1.82, 2.24) is 10.6 Å². The Morgan fingerprint density at radius 2 is 1.71 bits per heavy atom. The molecule has 0 heterocycles. The minimum absolute atomic E-state index is 0.0263. The van der Waals surface area contributed by atoms with Crippen molar-refractivity contribution in [2.45, 2.75) is 69.6 Å². The third kappa shape index (κ3) is 3.96. The molecule has 2 fully saturated rings. The average Bonchev–Trinajstić information content (AvgIpc) is 2.82. The van der Waals surface area contributed by atoms with Crippen LogP contribution in [0.3, 0.4) is 0 Å². The third-order valence-electron chi connectivity index (χ3n) is 3.98. The van der Waals surface area contributed by atoms with E-state index in [1.54, 1.807) is 0 Å². The van der Waals surface area contributed by atoms with Gasteiger partial charge in [-0.2, -0.15) is 0 Å². The Hall–Kier alpha value is -0.610. The van der Waals surface area contributed by atoms with Crippen LogP contribution in [0.25, 0.3) is 0 Å². The van der Waals surface area contributed by atoms with Gasteiger partial charge in [-0.05, 0) is 25.7 Å². The predicted molar refractivity (Wildman–Crippen MR) is 66.7 cm³/mol. The smallest absolute Gasteiger partial charge is 0.234 e. The van der Waals surface area contributed by atoms with Crippen molar-refractivity contribution >= 4 is 5.91 Å². The van der Waals surface area contributed by atoms with E-state index in [0.717, 1.165) is 25.7 Å². The number of carbonyl (C=O) groups excluding carboxylic acids is 1. The van der Waals surface area contributed by atoms with Gasteiger partial charge in [0.2, 0.25) is 5.91 Å². The first-order chi connectivity index (χ1) is 8.25. The highest BCUT2D eigenvalue weighted by atomic mass is 16.3. The van der Waals surface area contributed by atoms with Gasteiger partial charge < -0.3 is 15.7 Å². The zero-order valence-electron chi connectivity index (χ0n) is 10.5. The molecule has 0 unspecified atom stereocenters. The highest BCUT2D eigenvalue weighted by Crippen LogP contribution is 2.19. The maximum Gasteiger partial charge on any atom is 0.234 e. The number of nitrogens with one attached hydrogen (secondary N) is 2. The molecule has 4 heteroatoms. The van der Waals surface area contributed by atoms with Gasteiger partial charge in [0.15, 0.2) is 0 Å². The van der Waals surface area contributed by atoms with E-state index in [2.05, 4.69) is 10.6 Å². The van der Waals surface area contributed by atoms with E-state index in [1.807, 2.05) is 0 Å². The fourth-order valence-corrected chi connectivity index (χ4v) is 2.90. The molecule has 0 bridgehead atoms. The van der Waals surface area contributed by atoms with Gasteiger partial charge in [-0.15, -0.1) is 0 Å². The summed E-state index contributed by atoms with van der Waals surface area (Å²) in [5.74, 6) is 0.0304. The molecule has 2 atom stereocenters. The molecule has 0 spiro atoms. The number of amides is 1. The van der Waals surface area contributed by atoms with Gasteiger partial charge >= 0.3 is 0 Å². The molecular weight excluding hydrogens is 216 g/mol. The van der Waals surface area contributed by atoms with E-state index < -0.39 is 0 Å². The van der Waals surface area contributed by atoms with Crippen molar-refractivity contribution in [2.75, 3.05) is 6.54 Å². The molecule has 0 saturated heterocycles. The van der Waals surface area contributed by atoms with Crippen LogP contribution in [0.5, 0.6) is 0 Å². The molecule has 0 radical (unpaired) electrons. The molecule has 3 N–H and O–H groups in total. The zero-order chi connectivity index (χ0) is 12.1. The molecular formula is C13H24N2O2. The highest BCUT2D eigenvalue weighted by molar-refractivity contribution is 5.78. The Morgan fingerprint density at radius 3 is 2.41 bits per heavy atom. The monoisotopic (exact) mass is 240 g/mol. The van der Waals surface area contributed by atoms with Crippen molar-refractivity contribution < 1.29 is 9.90 Å². The van der Waals surface area contributed by atoms with Crippen LogP contribution in [0.15, 0.2) is 0 Å². The molecule has 0 aliphatic heterocycles. The summed E-state index contributed by atoms with van der Waals surface area (Å²) in [6.45, 7) is 0.397. The molecule has 2 aliphatic rings. The largest absolute Gasteiger partial charge is 0.391 e. The second kappa shape index (κ2) is 6.36. The van der Waals surface area contributed by atoms with E-state index in [-0.39, 0.29) is 18.1 Å². The molecule has 0 aromatic heterocycles.